The average Bonchev–Trinajstić information content (AvgIpc) is 2.93. The zero-order valence-electron chi connectivity index (χ0n) is 14.4. The lowest BCUT2D eigenvalue weighted by Crippen LogP contribution is -2.49. The third kappa shape index (κ3) is 4.00. The van der Waals surface area contributed by atoms with Gasteiger partial charge in [0.1, 0.15) is 5.76 Å². The molecule has 1 amide bonds. The van der Waals surface area contributed by atoms with Crippen LogP contribution in [0.5, 0.6) is 0 Å². The topological polar surface area (TPSA) is 62.5 Å². The molecule has 1 aliphatic rings. The zero-order chi connectivity index (χ0) is 16.9. The summed E-state index contributed by atoms with van der Waals surface area (Å²) in [6, 6.07) is 6.02. The maximum absolute atomic E-state index is 12.5. The molecule has 0 atom stereocenters. The van der Waals surface area contributed by atoms with Crippen molar-refractivity contribution in [2.24, 2.45) is 0 Å². The van der Waals surface area contributed by atoms with E-state index in [0.29, 0.717) is 6.42 Å². The summed E-state index contributed by atoms with van der Waals surface area (Å²) >= 11 is 0. The van der Waals surface area contributed by atoms with Crippen molar-refractivity contribution in [2.45, 2.75) is 26.7 Å². The van der Waals surface area contributed by atoms with Crippen molar-refractivity contribution in [2.75, 3.05) is 32.7 Å². The van der Waals surface area contributed by atoms with Crippen molar-refractivity contribution in [3.8, 4) is 0 Å². The minimum atomic E-state index is 0.161. The van der Waals surface area contributed by atoms with Gasteiger partial charge in [-0.2, -0.15) is 0 Å². The highest BCUT2D eigenvalue weighted by Crippen LogP contribution is 2.15. The lowest BCUT2D eigenvalue weighted by molar-refractivity contribution is -0.132. The summed E-state index contributed by atoms with van der Waals surface area (Å²) in [6.07, 6.45) is 3.17. The van der Waals surface area contributed by atoms with Crippen LogP contribution in [-0.4, -0.2) is 58.6 Å². The predicted octanol–water partition coefficient (Wildman–Crippen LogP) is 1.62. The Hall–Kier alpha value is -2.21. The molecule has 0 bridgehead atoms. The molecule has 0 unspecified atom stereocenters. The summed E-state index contributed by atoms with van der Waals surface area (Å²) < 4.78 is 5.14. The lowest BCUT2D eigenvalue weighted by Gasteiger charge is -2.34. The SMILES string of the molecule is Cc1noc(C)c1CC(=O)N1CCN(CCc2ccccn2)CC1. The molecule has 1 fully saturated rings. The van der Waals surface area contributed by atoms with E-state index in [1.807, 2.05) is 37.1 Å². The molecule has 6 heteroatoms. The second-order valence-electron chi connectivity index (χ2n) is 6.27. The first-order valence-electron chi connectivity index (χ1n) is 8.45. The zero-order valence-corrected chi connectivity index (χ0v) is 14.4. The molecule has 2 aromatic heterocycles. The quantitative estimate of drug-likeness (QED) is 0.834. The standard InChI is InChI=1S/C18H24N4O2/c1-14-17(15(2)24-20-14)13-18(23)22-11-9-21(10-12-22)8-6-16-5-3-4-7-19-16/h3-5,7H,6,8-13H2,1-2H3. The van der Waals surface area contributed by atoms with Crippen molar-refractivity contribution in [1.82, 2.24) is 19.9 Å². The van der Waals surface area contributed by atoms with Crippen LogP contribution in [0.4, 0.5) is 0 Å². The van der Waals surface area contributed by atoms with Crippen LogP contribution in [-0.2, 0) is 17.6 Å². The van der Waals surface area contributed by atoms with E-state index in [-0.39, 0.29) is 5.91 Å². The minimum absolute atomic E-state index is 0.161. The molecule has 6 nitrogen and oxygen atoms in total. The summed E-state index contributed by atoms with van der Waals surface area (Å²) in [4.78, 5) is 21.2. The smallest absolute Gasteiger partial charge is 0.227 e. The van der Waals surface area contributed by atoms with Crippen LogP contribution in [0.15, 0.2) is 28.9 Å². The number of nitrogens with zero attached hydrogens (tertiary/aromatic N) is 4. The van der Waals surface area contributed by atoms with Gasteiger partial charge in [-0.05, 0) is 26.0 Å². The Kier molecular flexibility index (Phi) is 5.25. The van der Waals surface area contributed by atoms with Crippen LogP contribution >= 0.6 is 0 Å². The molecule has 0 aliphatic carbocycles. The molecule has 1 aliphatic heterocycles. The third-order valence-electron chi connectivity index (χ3n) is 4.64. The Morgan fingerprint density at radius 2 is 2.00 bits per heavy atom. The molecule has 0 saturated carbocycles. The normalized spacial score (nSPS) is 15.7. The molecule has 3 rings (SSSR count). The molecule has 3 heterocycles. The number of rotatable bonds is 5. The van der Waals surface area contributed by atoms with E-state index in [2.05, 4.69) is 21.1 Å². The van der Waals surface area contributed by atoms with E-state index in [1.165, 1.54) is 0 Å². The lowest BCUT2D eigenvalue weighted by atomic mass is 10.1. The Morgan fingerprint density at radius 3 is 2.62 bits per heavy atom. The van der Waals surface area contributed by atoms with E-state index >= 15 is 0 Å². The summed E-state index contributed by atoms with van der Waals surface area (Å²) in [6.45, 7) is 8.13. The highest BCUT2D eigenvalue weighted by atomic mass is 16.5. The van der Waals surface area contributed by atoms with Gasteiger partial charge in [0.05, 0.1) is 12.1 Å². The van der Waals surface area contributed by atoms with Crippen LogP contribution in [0.1, 0.15) is 22.7 Å². The van der Waals surface area contributed by atoms with Gasteiger partial charge >= 0.3 is 0 Å². The highest BCUT2D eigenvalue weighted by molar-refractivity contribution is 5.79. The van der Waals surface area contributed by atoms with Crippen LogP contribution in [0.2, 0.25) is 0 Å². The summed E-state index contributed by atoms with van der Waals surface area (Å²) in [7, 11) is 0. The van der Waals surface area contributed by atoms with Crippen molar-refractivity contribution in [3.05, 3.63) is 47.1 Å². The summed E-state index contributed by atoms with van der Waals surface area (Å²) in [5.41, 5.74) is 2.86. The van der Waals surface area contributed by atoms with Gasteiger partial charge in [0.15, 0.2) is 0 Å². The van der Waals surface area contributed by atoms with E-state index in [1.54, 1.807) is 0 Å². The Labute approximate surface area is 142 Å². The van der Waals surface area contributed by atoms with E-state index in [0.717, 1.165) is 61.9 Å². The van der Waals surface area contributed by atoms with Gasteiger partial charge in [0.2, 0.25) is 5.91 Å². The first-order valence-corrected chi connectivity index (χ1v) is 8.45. The maximum atomic E-state index is 12.5. The number of hydrogen-bond acceptors (Lipinski definition) is 5. The van der Waals surface area contributed by atoms with Crippen LogP contribution in [0, 0.1) is 13.8 Å². The fraction of sp³-hybridized carbons (Fsp3) is 0.500. The molecule has 24 heavy (non-hydrogen) atoms. The Morgan fingerprint density at radius 1 is 1.21 bits per heavy atom. The van der Waals surface area contributed by atoms with Gasteiger partial charge in [0.25, 0.3) is 0 Å². The van der Waals surface area contributed by atoms with Crippen LogP contribution in [0.25, 0.3) is 0 Å². The first-order chi connectivity index (χ1) is 11.6. The second kappa shape index (κ2) is 7.57. The first kappa shape index (κ1) is 16.6. The molecule has 1 saturated heterocycles. The number of carbonyl (C=O) groups excluding carboxylic acids is 1. The average molecular weight is 328 g/mol. The Balaban J connectivity index is 1.45. The third-order valence-corrected chi connectivity index (χ3v) is 4.64. The van der Waals surface area contributed by atoms with E-state index in [4.69, 9.17) is 4.52 Å². The highest BCUT2D eigenvalue weighted by Gasteiger charge is 2.23. The molecular weight excluding hydrogens is 304 g/mol. The maximum Gasteiger partial charge on any atom is 0.227 e. The molecule has 2 aromatic rings. The number of amides is 1. The molecule has 0 N–H and O–H groups in total. The second-order valence-corrected chi connectivity index (χ2v) is 6.27. The van der Waals surface area contributed by atoms with Gasteiger partial charge in [-0.15, -0.1) is 0 Å². The van der Waals surface area contributed by atoms with Gasteiger partial charge < -0.3 is 9.42 Å². The van der Waals surface area contributed by atoms with Gasteiger partial charge in [-0.25, -0.2) is 0 Å². The van der Waals surface area contributed by atoms with Crippen molar-refractivity contribution < 1.29 is 9.32 Å². The molecular formula is C18H24N4O2. The molecule has 0 radical (unpaired) electrons. The largest absolute Gasteiger partial charge is 0.361 e. The summed E-state index contributed by atoms with van der Waals surface area (Å²) in [5.74, 6) is 0.906. The molecule has 128 valence electrons. The number of carbonyl (C=O) groups is 1. The fourth-order valence-electron chi connectivity index (χ4n) is 3.06. The van der Waals surface area contributed by atoms with E-state index in [9.17, 15) is 4.79 Å². The number of hydrogen-bond donors (Lipinski definition) is 0. The monoisotopic (exact) mass is 328 g/mol. The van der Waals surface area contributed by atoms with Gasteiger partial charge in [0, 0.05) is 56.6 Å². The number of aromatic nitrogens is 2. The number of pyridine rings is 1. The van der Waals surface area contributed by atoms with Gasteiger partial charge in [-0.1, -0.05) is 11.2 Å². The van der Waals surface area contributed by atoms with E-state index < -0.39 is 0 Å². The number of piperazine rings is 1. The fourth-order valence-corrected chi connectivity index (χ4v) is 3.06. The Bertz CT molecular complexity index is 656. The van der Waals surface area contributed by atoms with Crippen molar-refractivity contribution >= 4 is 5.91 Å². The molecule has 0 aromatic carbocycles. The summed E-state index contributed by atoms with van der Waals surface area (Å²) in [5, 5.41) is 3.92. The van der Waals surface area contributed by atoms with Crippen LogP contribution < -0.4 is 0 Å². The predicted molar refractivity (Wildman–Crippen MR) is 90.6 cm³/mol. The molecule has 0 spiro atoms. The van der Waals surface area contributed by atoms with Crippen molar-refractivity contribution in [3.63, 3.8) is 0 Å². The minimum Gasteiger partial charge on any atom is -0.361 e. The van der Waals surface area contributed by atoms with Gasteiger partial charge in [-0.3, -0.25) is 14.7 Å². The van der Waals surface area contributed by atoms with Crippen LogP contribution in [0.3, 0.4) is 0 Å². The van der Waals surface area contributed by atoms with Crippen molar-refractivity contribution in [1.29, 1.82) is 0 Å². The number of aryl methyl sites for hydroxylation is 2.